The minimum atomic E-state index is -4.76. The summed E-state index contributed by atoms with van der Waals surface area (Å²) in [4.78, 5) is 22.0. The predicted octanol–water partition coefficient (Wildman–Crippen LogP) is 1.86. The largest absolute Gasteiger partial charge is 0.480 e. The molecule has 0 aliphatic heterocycles. The average Bonchev–Trinajstić information content (AvgIpc) is 2.34. The Labute approximate surface area is 105 Å². The van der Waals surface area contributed by atoms with E-state index in [1.807, 2.05) is 0 Å². The van der Waals surface area contributed by atoms with Crippen molar-refractivity contribution in [3.63, 3.8) is 0 Å². The van der Waals surface area contributed by atoms with E-state index in [4.69, 9.17) is 5.11 Å². The minimum Gasteiger partial charge on any atom is -0.480 e. The summed E-state index contributed by atoms with van der Waals surface area (Å²) in [6.07, 6.45) is -4.76. The van der Waals surface area contributed by atoms with Crippen molar-refractivity contribution in [1.29, 1.82) is 0 Å². The van der Waals surface area contributed by atoms with Gasteiger partial charge in [-0.2, -0.15) is 13.2 Å². The molecule has 1 aromatic rings. The van der Waals surface area contributed by atoms with Gasteiger partial charge in [-0.25, -0.2) is 9.18 Å². The lowest BCUT2D eigenvalue weighted by Crippen LogP contribution is -2.42. The van der Waals surface area contributed by atoms with Crippen LogP contribution in [0.15, 0.2) is 24.3 Å². The van der Waals surface area contributed by atoms with Gasteiger partial charge in [0.15, 0.2) is 6.04 Å². The van der Waals surface area contributed by atoms with E-state index in [0.717, 1.165) is 12.1 Å². The minimum absolute atomic E-state index is 0.681. The Morgan fingerprint density at radius 3 is 2.32 bits per heavy atom. The average molecular weight is 279 g/mol. The maximum Gasteiger partial charge on any atom is 0.417 e. The molecular weight excluding hydrogens is 270 g/mol. The topological polar surface area (TPSA) is 66.4 Å². The van der Waals surface area contributed by atoms with Crippen molar-refractivity contribution in [3.05, 3.63) is 35.4 Å². The van der Waals surface area contributed by atoms with Crippen molar-refractivity contribution in [2.75, 3.05) is 6.67 Å². The number of hydrogen-bond donors (Lipinski definition) is 2. The fraction of sp³-hybridized carbons (Fsp3) is 0.273. The van der Waals surface area contributed by atoms with E-state index < -0.39 is 41.9 Å². The number of hydrogen-bond acceptors (Lipinski definition) is 2. The van der Waals surface area contributed by atoms with Gasteiger partial charge in [-0.15, -0.1) is 0 Å². The highest BCUT2D eigenvalue weighted by Crippen LogP contribution is 2.31. The number of halogens is 4. The summed E-state index contributed by atoms with van der Waals surface area (Å²) >= 11 is 0. The summed E-state index contributed by atoms with van der Waals surface area (Å²) in [5.41, 5.74) is -1.97. The maximum absolute atomic E-state index is 12.6. The number of amides is 1. The molecule has 0 heterocycles. The number of carboxylic acids is 1. The smallest absolute Gasteiger partial charge is 0.417 e. The van der Waals surface area contributed by atoms with Gasteiger partial charge in [-0.05, 0) is 12.1 Å². The molecular formula is C11H9F4NO3. The molecule has 0 saturated heterocycles. The zero-order chi connectivity index (χ0) is 14.6. The van der Waals surface area contributed by atoms with Crippen molar-refractivity contribution in [2.45, 2.75) is 12.2 Å². The number of rotatable bonds is 4. The van der Waals surface area contributed by atoms with Crippen molar-refractivity contribution in [1.82, 2.24) is 5.32 Å². The van der Waals surface area contributed by atoms with Crippen LogP contribution >= 0.6 is 0 Å². The molecule has 1 aromatic carbocycles. The van der Waals surface area contributed by atoms with Crippen LogP contribution in [0, 0.1) is 0 Å². The second kappa shape index (κ2) is 5.68. The van der Waals surface area contributed by atoms with E-state index >= 15 is 0 Å². The third-order valence-corrected chi connectivity index (χ3v) is 2.23. The molecule has 1 atom stereocenters. The van der Waals surface area contributed by atoms with E-state index in [2.05, 4.69) is 0 Å². The molecule has 19 heavy (non-hydrogen) atoms. The SMILES string of the molecule is O=C(NC(CF)C(=O)O)c1ccccc1C(F)(F)F. The van der Waals surface area contributed by atoms with Crippen molar-refractivity contribution in [2.24, 2.45) is 0 Å². The molecule has 1 unspecified atom stereocenters. The van der Waals surface area contributed by atoms with Crippen LogP contribution in [-0.2, 0) is 11.0 Å². The van der Waals surface area contributed by atoms with Gasteiger partial charge < -0.3 is 10.4 Å². The number of nitrogens with one attached hydrogen (secondary N) is 1. The number of carbonyl (C=O) groups excluding carboxylic acids is 1. The van der Waals surface area contributed by atoms with Crippen molar-refractivity contribution < 1.29 is 32.3 Å². The van der Waals surface area contributed by atoms with Gasteiger partial charge in [-0.1, -0.05) is 12.1 Å². The maximum atomic E-state index is 12.6. The highest BCUT2D eigenvalue weighted by molar-refractivity contribution is 5.98. The molecule has 0 aromatic heterocycles. The van der Waals surface area contributed by atoms with Crippen LogP contribution in [0.4, 0.5) is 17.6 Å². The summed E-state index contributed by atoms with van der Waals surface area (Å²) < 4.78 is 50.1. The summed E-state index contributed by atoms with van der Waals surface area (Å²) in [5, 5.41) is 10.2. The first-order chi connectivity index (χ1) is 8.77. The lowest BCUT2D eigenvalue weighted by atomic mass is 10.1. The van der Waals surface area contributed by atoms with Gasteiger partial charge in [0.05, 0.1) is 11.1 Å². The molecule has 1 rings (SSSR count). The van der Waals surface area contributed by atoms with E-state index in [1.165, 1.54) is 6.07 Å². The third kappa shape index (κ3) is 3.67. The Balaban J connectivity index is 3.04. The van der Waals surface area contributed by atoms with Gasteiger partial charge in [0, 0.05) is 0 Å². The van der Waals surface area contributed by atoms with Crippen LogP contribution in [-0.4, -0.2) is 29.7 Å². The molecule has 8 heteroatoms. The molecule has 0 saturated carbocycles. The van der Waals surface area contributed by atoms with E-state index in [1.54, 1.807) is 5.32 Å². The normalized spacial score (nSPS) is 12.8. The van der Waals surface area contributed by atoms with Crippen molar-refractivity contribution >= 4 is 11.9 Å². The zero-order valence-electron chi connectivity index (χ0n) is 9.37. The molecule has 0 aliphatic rings. The number of carbonyl (C=O) groups is 2. The standard InChI is InChI=1S/C11H9F4NO3/c12-5-8(10(18)19)16-9(17)6-3-1-2-4-7(6)11(13,14)15/h1-4,8H,5H2,(H,16,17)(H,18,19). The van der Waals surface area contributed by atoms with E-state index in [-0.39, 0.29) is 0 Å². The number of aliphatic carboxylic acids is 1. The van der Waals surface area contributed by atoms with Gasteiger partial charge in [0.25, 0.3) is 5.91 Å². The van der Waals surface area contributed by atoms with Crippen LogP contribution in [0.1, 0.15) is 15.9 Å². The van der Waals surface area contributed by atoms with Gasteiger partial charge in [0.2, 0.25) is 0 Å². The summed E-state index contributed by atoms with van der Waals surface area (Å²) in [6.45, 7) is -1.42. The second-order valence-electron chi connectivity index (χ2n) is 3.56. The highest BCUT2D eigenvalue weighted by atomic mass is 19.4. The summed E-state index contributed by atoms with van der Waals surface area (Å²) in [7, 11) is 0. The Morgan fingerprint density at radius 1 is 1.26 bits per heavy atom. The van der Waals surface area contributed by atoms with Crippen LogP contribution in [0.5, 0.6) is 0 Å². The molecule has 1 amide bonds. The van der Waals surface area contributed by atoms with Gasteiger partial charge in [-0.3, -0.25) is 4.79 Å². The predicted molar refractivity (Wildman–Crippen MR) is 56.3 cm³/mol. The first-order valence-corrected chi connectivity index (χ1v) is 5.03. The first kappa shape index (κ1) is 14.9. The number of alkyl halides is 4. The third-order valence-electron chi connectivity index (χ3n) is 2.23. The lowest BCUT2D eigenvalue weighted by Gasteiger charge is -2.14. The first-order valence-electron chi connectivity index (χ1n) is 5.03. The van der Waals surface area contributed by atoms with Gasteiger partial charge >= 0.3 is 12.1 Å². The van der Waals surface area contributed by atoms with Gasteiger partial charge in [0.1, 0.15) is 6.67 Å². The summed E-state index contributed by atoms with van der Waals surface area (Å²) in [6, 6.07) is 1.96. The lowest BCUT2D eigenvalue weighted by molar-refractivity contribution is -0.139. The number of benzene rings is 1. The number of carboxylic acid groups (broad SMARTS) is 1. The van der Waals surface area contributed by atoms with Crippen LogP contribution < -0.4 is 5.32 Å². The monoisotopic (exact) mass is 279 g/mol. The van der Waals surface area contributed by atoms with E-state index in [0.29, 0.717) is 6.07 Å². The van der Waals surface area contributed by atoms with E-state index in [9.17, 15) is 27.2 Å². The Kier molecular flexibility index (Phi) is 4.47. The van der Waals surface area contributed by atoms with Crippen molar-refractivity contribution in [3.8, 4) is 0 Å². The molecule has 0 aliphatic carbocycles. The van der Waals surface area contributed by atoms with Crippen LogP contribution in [0.2, 0.25) is 0 Å². The zero-order valence-corrected chi connectivity index (χ0v) is 9.37. The highest BCUT2D eigenvalue weighted by Gasteiger charge is 2.35. The molecule has 0 bridgehead atoms. The fourth-order valence-corrected chi connectivity index (χ4v) is 1.33. The Bertz CT molecular complexity index is 487. The fourth-order valence-electron chi connectivity index (χ4n) is 1.33. The second-order valence-corrected chi connectivity index (χ2v) is 3.56. The molecule has 0 radical (unpaired) electrons. The van der Waals surface area contributed by atoms with Crippen LogP contribution in [0.25, 0.3) is 0 Å². The Morgan fingerprint density at radius 2 is 1.84 bits per heavy atom. The molecule has 104 valence electrons. The quantitative estimate of drug-likeness (QED) is 0.827. The molecule has 0 spiro atoms. The Hall–Kier alpha value is -2.12. The molecule has 2 N–H and O–H groups in total. The molecule has 4 nitrogen and oxygen atoms in total. The van der Waals surface area contributed by atoms with Crippen LogP contribution in [0.3, 0.4) is 0 Å². The summed E-state index contributed by atoms with van der Waals surface area (Å²) in [5.74, 6) is -2.96. The molecule has 0 fully saturated rings.